The van der Waals surface area contributed by atoms with Crippen LogP contribution in [0, 0.1) is 0 Å². The first-order valence-corrected chi connectivity index (χ1v) is 11.8. The normalized spacial score (nSPS) is 16.1. The van der Waals surface area contributed by atoms with Gasteiger partial charge < -0.3 is 19.9 Å². The van der Waals surface area contributed by atoms with E-state index in [0.29, 0.717) is 28.7 Å². The number of likely N-dealkylation sites (N-methyl/N-ethyl adjacent to an activating group) is 1. The van der Waals surface area contributed by atoms with Crippen LogP contribution in [-0.4, -0.2) is 63.3 Å². The van der Waals surface area contributed by atoms with Crippen LogP contribution in [0.3, 0.4) is 0 Å². The summed E-state index contributed by atoms with van der Waals surface area (Å²) in [6.07, 6.45) is 0. The maximum atomic E-state index is 12.8. The molecule has 1 N–H and O–H groups in total. The maximum absolute atomic E-state index is 12.8. The summed E-state index contributed by atoms with van der Waals surface area (Å²) in [6.45, 7) is 0.205. The Hall–Kier alpha value is -3.05. The third kappa shape index (κ3) is 4.52. The molecule has 0 fully saturated rings. The number of benzene rings is 2. The van der Waals surface area contributed by atoms with Gasteiger partial charge in [-0.3, -0.25) is 9.59 Å². The van der Waals surface area contributed by atoms with Gasteiger partial charge in [-0.15, -0.1) is 4.40 Å². The first-order chi connectivity index (χ1) is 14.8. The number of carbonyl (C=O) groups excluding carboxylic acids is 2. The van der Waals surface area contributed by atoms with Gasteiger partial charge in [0.1, 0.15) is 5.75 Å². The molecule has 0 bridgehead atoms. The van der Waals surface area contributed by atoms with Gasteiger partial charge in [0.25, 0.3) is 15.9 Å². The highest BCUT2D eigenvalue weighted by Crippen LogP contribution is 2.42. The Kier molecular flexibility index (Phi) is 5.63. The molecule has 0 radical (unpaired) electrons. The van der Waals surface area contributed by atoms with Gasteiger partial charge in [0.05, 0.1) is 25.1 Å². The van der Waals surface area contributed by atoms with Crippen molar-refractivity contribution in [3.05, 3.63) is 48.0 Å². The number of methoxy groups -OCH3 is 1. The summed E-state index contributed by atoms with van der Waals surface area (Å²) in [5, 5.41) is 3.14. The number of thioether (sulfide) groups is 1. The number of rotatable bonds is 5. The molecule has 0 spiro atoms. The molecule has 2 heterocycles. The van der Waals surface area contributed by atoms with Crippen molar-refractivity contribution in [1.82, 2.24) is 4.90 Å². The van der Waals surface area contributed by atoms with Gasteiger partial charge in [-0.1, -0.05) is 6.07 Å². The van der Waals surface area contributed by atoms with E-state index < -0.39 is 10.0 Å². The Morgan fingerprint density at radius 2 is 2.06 bits per heavy atom. The summed E-state index contributed by atoms with van der Waals surface area (Å²) < 4.78 is 32.4. The molecule has 2 aliphatic rings. The molecule has 9 nitrogen and oxygen atoms in total. The molecule has 31 heavy (non-hydrogen) atoms. The van der Waals surface area contributed by atoms with Crippen molar-refractivity contribution in [2.75, 3.05) is 43.2 Å². The lowest BCUT2D eigenvalue weighted by atomic mass is 10.1. The Labute approximate surface area is 184 Å². The third-order valence-corrected chi connectivity index (χ3v) is 7.11. The second kappa shape index (κ2) is 8.23. The summed E-state index contributed by atoms with van der Waals surface area (Å²) in [4.78, 5) is 29.1. The van der Waals surface area contributed by atoms with Gasteiger partial charge in [0.2, 0.25) is 5.91 Å². The molecule has 11 heteroatoms. The molecule has 2 aromatic rings. The van der Waals surface area contributed by atoms with E-state index in [9.17, 15) is 18.0 Å². The zero-order valence-electron chi connectivity index (χ0n) is 16.9. The highest BCUT2D eigenvalue weighted by Gasteiger charge is 2.33. The molecule has 2 amide bonds. The molecule has 162 valence electrons. The number of amidine groups is 1. The number of ether oxygens (including phenoxy) is 1. The predicted molar refractivity (Wildman–Crippen MR) is 119 cm³/mol. The van der Waals surface area contributed by atoms with Crippen molar-refractivity contribution in [3.63, 3.8) is 0 Å². The highest BCUT2D eigenvalue weighted by molar-refractivity contribution is 8.15. The summed E-state index contributed by atoms with van der Waals surface area (Å²) >= 11 is 1.22. The van der Waals surface area contributed by atoms with E-state index in [2.05, 4.69) is 9.71 Å². The number of nitrogens with zero attached hydrogens (tertiary/aromatic N) is 3. The van der Waals surface area contributed by atoms with Crippen LogP contribution in [0.4, 0.5) is 11.4 Å². The number of nitrogens with one attached hydrogen (secondary N) is 1. The van der Waals surface area contributed by atoms with Gasteiger partial charge in [0, 0.05) is 35.8 Å². The van der Waals surface area contributed by atoms with Crippen molar-refractivity contribution < 1.29 is 22.7 Å². The summed E-state index contributed by atoms with van der Waals surface area (Å²) in [5.41, 5.74) is 1.81. The lowest BCUT2D eigenvalue weighted by Gasteiger charge is -2.22. The second-order valence-corrected chi connectivity index (χ2v) is 9.80. The third-order valence-electron chi connectivity index (χ3n) is 4.80. The number of hydrogen-bond acceptors (Lipinski definition) is 7. The van der Waals surface area contributed by atoms with E-state index in [1.807, 2.05) is 4.90 Å². The maximum Gasteiger partial charge on any atom is 0.257 e. The first kappa shape index (κ1) is 21.2. The average Bonchev–Trinajstić information content (AvgIpc) is 3.08. The number of carbonyl (C=O) groups is 2. The van der Waals surface area contributed by atoms with Crippen molar-refractivity contribution >= 4 is 50.1 Å². The summed E-state index contributed by atoms with van der Waals surface area (Å²) in [6, 6.07) is 12.1. The number of sulfonamides is 1. The average molecular weight is 461 g/mol. The van der Waals surface area contributed by atoms with Crippen LogP contribution in [0.25, 0.3) is 0 Å². The van der Waals surface area contributed by atoms with Gasteiger partial charge >= 0.3 is 0 Å². The van der Waals surface area contributed by atoms with E-state index in [-0.39, 0.29) is 24.1 Å². The van der Waals surface area contributed by atoms with Crippen LogP contribution in [0.15, 0.2) is 51.8 Å². The minimum Gasteiger partial charge on any atom is -0.497 e. The van der Waals surface area contributed by atoms with Gasteiger partial charge in [-0.2, -0.15) is 0 Å². The molecule has 0 atom stereocenters. The van der Waals surface area contributed by atoms with Crippen LogP contribution in [0.2, 0.25) is 0 Å². The quantitative estimate of drug-likeness (QED) is 0.727. The van der Waals surface area contributed by atoms with E-state index in [4.69, 9.17) is 4.74 Å². The SMILES string of the molecule is COc1cccc(NC(=O)CN(C)C(=O)c2ccc3c(c2)SC2=NS(=O)(=O)CCN23)c1. The van der Waals surface area contributed by atoms with Gasteiger partial charge in [-0.25, -0.2) is 8.42 Å². The molecule has 2 aromatic carbocycles. The Morgan fingerprint density at radius 1 is 1.26 bits per heavy atom. The molecular formula is C20H20N4O5S2. The highest BCUT2D eigenvalue weighted by atomic mass is 32.2. The van der Waals surface area contributed by atoms with E-state index in [1.54, 1.807) is 56.6 Å². The fourth-order valence-electron chi connectivity index (χ4n) is 3.27. The van der Waals surface area contributed by atoms with Gasteiger partial charge in [0.15, 0.2) is 5.17 Å². The molecular weight excluding hydrogens is 440 g/mol. The lowest BCUT2D eigenvalue weighted by Crippen LogP contribution is -2.35. The molecule has 0 saturated carbocycles. The van der Waals surface area contributed by atoms with Crippen molar-refractivity contribution in [3.8, 4) is 5.75 Å². The summed E-state index contributed by atoms with van der Waals surface area (Å²) in [5.74, 6) is -0.0750. The number of amides is 2. The Bertz CT molecular complexity index is 1200. The Morgan fingerprint density at radius 3 is 2.84 bits per heavy atom. The standard InChI is InChI=1S/C20H20N4O5S2/c1-23(12-18(25)21-14-4-3-5-15(11-14)29-2)19(26)13-6-7-16-17(10-13)30-20-22-31(27,28)9-8-24(16)20/h3-7,10-11H,8-9,12H2,1-2H3,(H,21,25). The predicted octanol–water partition coefficient (Wildman–Crippen LogP) is 2.02. The fraction of sp³-hybridized carbons (Fsp3) is 0.250. The molecule has 0 aromatic heterocycles. The van der Waals surface area contributed by atoms with Crippen molar-refractivity contribution in [1.29, 1.82) is 0 Å². The van der Waals surface area contributed by atoms with Crippen LogP contribution in [0.1, 0.15) is 10.4 Å². The van der Waals surface area contributed by atoms with Gasteiger partial charge in [-0.05, 0) is 42.1 Å². The number of hydrogen-bond donors (Lipinski definition) is 1. The molecule has 0 unspecified atom stereocenters. The second-order valence-electron chi connectivity index (χ2n) is 7.04. The molecule has 4 rings (SSSR count). The van der Waals surface area contributed by atoms with Crippen LogP contribution in [-0.2, 0) is 14.8 Å². The lowest BCUT2D eigenvalue weighted by molar-refractivity contribution is -0.116. The fourth-order valence-corrected chi connectivity index (χ4v) is 5.57. The minimum absolute atomic E-state index is 0.0394. The topological polar surface area (TPSA) is 108 Å². The van der Waals surface area contributed by atoms with Crippen LogP contribution in [0.5, 0.6) is 5.75 Å². The smallest absolute Gasteiger partial charge is 0.257 e. The molecule has 2 aliphatic heterocycles. The summed E-state index contributed by atoms with van der Waals surface area (Å²) in [7, 11) is -0.350. The van der Waals surface area contributed by atoms with E-state index in [1.165, 1.54) is 16.7 Å². The zero-order valence-corrected chi connectivity index (χ0v) is 18.5. The van der Waals surface area contributed by atoms with Crippen molar-refractivity contribution in [2.24, 2.45) is 4.40 Å². The Balaban J connectivity index is 1.44. The van der Waals surface area contributed by atoms with Crippen LogP contribution < -0.4 is 15.0 Å². The van der Waals surface area contributed by atoms with E-state index >= 15 is 0 Å². The largest absolute Gasteiger partial charge is 0.497 e. The van der Waals surface area contributed by atoms with E-state index in [0.717, 1.165) is 10.6 Å². The molecule has 0 aliphatic carbocycles. The number of fused-ring (bicyclic) bond motifs is 3. The van der Waals surface area contributed by atoms with Crippen molar-refractivity contribution in [2.45, 2.75) is 4.90 Å². The first-order valence-electron chi connectivity index (χ1n) is 9.37. The number of anilines is 2. The molecule has 0 saturated heterocycles. The monoisotopic (exact) mass is 460 g/mol. The van der Waals surface area contributed by atoms with Crippen LogP contribution >= 0.6 is 11.8 Å². The zero-order chi connectivity index (χ0) is 22.2. The minimum atomic E-state index is -3.44.